The number of hydrogen-bond acceptors (Lipinski definition) is 4. The Labute approximate surface area is 112 Å². The fourth-order valence-corrected chi connectivity index (χ4v) is 2.82. The number of rotatable bonds is 7. The van der Waals surface area contributed by atoms with Crippen LogP contribution in [0.2, 0.25) is 0 Å². The zero-order valence-electron chi connectivity index (χ0n) is 12.6. The Morgan fingerprint density at radius 3 is 2.17 bits per heavy atom. The molecule has 18 heavy (non-hydrogen) atoms. The second-order valence-electron chi connectivity index (χ2n) is 6.14. The number of nitrogens with zero attached hydrogens (tertiary/aromatic N) is 2. The van der Waals surface area contributed by atoms with Crippen LogP contribution in [0.15, 0.2) is 0 Å². The molecular formula is C14H31N3O. The van der Waals surface area contributed by atoms with Crippen molar-refractivity contribution in [1.29, 1.82) is 0 Å². The van der Waals surface area contributed by atoms with Crippen molar-refractivity contribution in [3.05, 3.63) is 0 Å². The first kappa shape index (κ1) is 15.9. The monoisotopic (exact) mass is 257 g/mol. The van der Waals surface area contributed by atoms with Gasteiger partial charge in [0.1, 0.15) is 0 Å². The predicted octanol–water partition coefficient (Wildman–Crippen LogP) is 0.763. The van der Waals surface area contributed by atoms with E-state index in [1.54, 1.807) is 0 Å². The minimum Gasteiger partial charge on any atom is -0.394 e. The Hall–Kier alpha value is -0.160. The molecule has 108 valence electrons. The van der Waals surface area contributed by atoms with Gasteiger partial charge >= 0.3 is 0 Å². The van der Waals surface area contributed by atoms with Crippen LogP contribution in [0.4, 0.5) is 0 Å². The number of nitrogens with one attached hydrogen (secondary N) is 1. The molecule has 1 unspecified atom stereocenters. The van der Waals surface area contributed by atoms with Gasteiger partial charge in [0.25, 0.3) is 0 Å². The van der Waals surface area contributed by atoms with Gasteiger partial charge in [-0.25, -0.2) is 0 Å². The van der Waals surface area contributed by atoms with E-state index in [4.69, 9.17) is 0 Å². The van der Waals surface area contributed by atoms with E-state index in [1.165, 1.54) is 13.0 Å². The number of aliphatic hydroxyl groups is 1. The number of hydrogen-bond donors (Lipinski definition) is 2. The highest BCUT2D eigenvalue weighted by atomic mass is 16.3. The lowest BCUT2D eigenvalue weighted by atomic mass is 10.0. The molecule has 4 nitrogen and oxygen atoms in total. The molecule has 1 rings (SSSR count). The molecular weight excluding hydrogens is 226 g/mol. The van der Waals surface area contributed by atoms with Crippen LogP contribution >= 0.6 is 0 Å². The number of aliphatic hydroxyl groups excluding tert-OH is 1. The van der Waals surface area contributed by atoms with Gasteiger partial charge in [0.2, 0.25) is 0 Å². The molecule has 0 spiro atoms. The van der Waals surface area contributed by atoms with Crippen LogP contribution in [-0.4, -0.2) is 72.4 Å². The molecule has 0 saturated carbocycles. The lowest BCUT2D eigenvalue weighted by Gasteiger charge is -2.40. The average Bonchev–Trinajstić information content (AvgIpc) is 2.31. The predicted molar refractivity (Wildman–Crippen MR) is 76.9 cm³/mol. The molecule has 1 heterocycles. The summed E-state index contributed by atoms with van der Waals surface area (Å²) < 4.78 is 0. The van der Waals surface area contributed by atoms with Gasteiger partial charge in [-0.1, -0.05) is 20.8 Å². The normalized spacial score (nSPS) is 22.3. The maximum absolute atomic E-state index is 9.60. The van der Waals surface area contributed by atoms with Gasteiger partial charge in [-0.2, -0.15) is 0 Å². The van der Waals surface area contributed by atoms with E-state index < -0.39 is 0 Å². The Morgan fingerprint density at radius 2 is 1.72 bits per heavy atom. The van der Waals surface area contributed by atoms with Gasteiger partial charge in [-0.05, 0) is 19.9 Å². The third-order valence-electron chi connectivity index (χ3n) is 3.56. The largest absolute Gasteiger partial charge is 0.394 e. The fourth-order valence-electron chi connectivity index (χ4n) is 2.82. The molecule has 0 radical (unpaired) electrons. The van der Waals surface area contributed by atoms with Gasteiger partial charge < -0.3 is 15.3 Å². The smallest absolute Gasteiger partial charge is 0.0623 e. The third-order valence-corrected chi connectivity index (χ3v) is 3.56. The van der Waals surface area contributed by atoms with E-state index in [0.29, 0.717) is 6.04 Å². The van der Waals surface area contributed by atoms with Crippen molar-refractivity contribution in [3.8, 4) is 0 Å². The molecule has 1 fully saturated rings. The Morgan fingerprint density at radius 1 is 1.17 bits per heavy atom. The molecule has 1 saturated heterocycles. The van der Waals surface area contributed by atoms with Gasteiger partial charge in [-0.15, -0.1) is 0 Å². The highest BCUT2D eigenvalue weighted by Crippen LogP contribution is 2.10. The Kier molecular flexibility index (Phi) is 6.57. The summed E-state index contributed by atoms with van der Waals surface area (Å²) in [6.45, 7) is 15.5. The Balaban J connectivity index is 2.38. The first-order valence-corrected chi connectivity index (χ1v) is 7.32. The first-order valence-electron chi connectivity index (χ1n) is 7.32. The van der Waals surface area contributed by atoms with E-state index in [9.17, 15) is 5.11 Å². The molecule has 0 amide bonds. The summed E-state index contributed by atoms with van der Waals surface area (Å²) in [7, 11) is 0. The first-order chi connectivity index (χ1) is 8.49. The van der Waals surface area contributed by atoms with Crippen molar-refractivity contribution in [2.45, 2.75) is 45.7 Å². The minimum atomic E-state index is -0.179. The molecule has 2 N–H and O–H groups in total. The summed E-state index contributed by atoms with van der Waals surface area (Å²) in [6, 6.07) is 0.406. The summed E-state index contributed by atoms with van der Waals surface area (Å²) >= 11 is 0. The lowest BCUT2D eigenvalue weighted by Crippen LogP contribution is -2.59. The van der Waals surface area contributed by atoms with Crippen LogP contribution in [0.25, 0.3) is 0 Å². The van der Waals surface area contributed by atoms with Crippen LogP contribution < -0.4 is 5.32 Å². The zero-order chi connectivity index (χ0) is 13.6. The van der Waals surface area contributed by atoms with Crippen LogP contribution in [0, 0.1) is 0 Å². The topological polar surface area (TPSA) is 38.7 Å². The summed E-state index contributed by atoms with van der Waals surface area (Å²) in [6.07, 6.45) is 1.24. The highest BCUT2D eigenvalue weighted by Gasteiger charge is 2.28. The maximum Gasteiger partial charge on any atom is 0.0623 e. The van der Waals surface area contributed by atoms with Gasteiger partial charge in [0.15, 0.2) is 0 Å². The zero-order valence-corrected chi connectivity index (χ0v) is 12.6. The van der Waals surface area contributed by atoms with Crippen molar-refractivity contribution in [2.24, 2.45) is 0 Å². The van der Waals surface area contributed by atoms with Crippen molar-refractivity contribution < 1.29 is 5.11 Å². The second-order valence-corrected chi connectivity index (χ2v) is 6.14. The van der Waals surface area contributed by atoms with E-state index in [1.807, 2.05) is 0 Å². The standard InChI is InChI=1S/C14H31N3O/c1-5-6-16-7-9-17(10-8-16)11-14(4,12-18)15-13(2)3/h13,15,18H,5-12H2,1-4H3. The van der Waals surface area contributed by atoms with Crippen LogP contribution in [0.5, 0.6) is 0 Å². The van der Waals surface area contributed by atoms with Crippen molar-refractivity contribution >= 4 is 0 Å². The van der Waals surface area contributed by atoms with E-state index in [2.05, 4.69) is 42.8 Å². The molecule has 0 aromatic carbocycles. The molecule has 1 aliphatic heterocycles. The van der Waals surface area contributed by atoms with E-state index in [-0.39, 0.29) is 12.1 Å². The molecule has 0 aromatic rings. The van der Waals surface area contributed by atoms with Crippen LogP contribution in [-0.2, 0) is 0 Å². The van der Waals surface area contributed by atoms with Crippen LogP contribution in [0.1, 0.15) is 34.1 Å². The summed E-state index contributed by atoms with van der Waals surface area (Å²) in [4.78, 5) is 5.00. The summed E-state index contributed by atoms with van der Waals surface area (Å²) in [5.74, 6) is 0. The molecule has 1 aliphatic rings. The maximum atomic E-state index is 9.60. The summed E-state index contributed by atoms with van der Waals surface area (Å²) in [5, 5.41) is 13.1. The quantitative estimate of drug-likeness (QED) is 0.706. The number of piperazine rings is 1. The summed E-state index contributed by atoms with van der Waals surface area (Å²) in [5.41, 5.74) is -0.179. The highest BCUT2D eigenvalue weighted by molar-refractivity contribution is 4.89. The average molecular weight is 257 g/mol. The molecule has 0 aliphatic carbocycles. The Bertz CT molecular complexity index is 227. The van der Waals surface area contributed by atoms with E-state index >= 15 is 0 Å². The molecule has 1 atom stereocenters. The van der Waals surface area contributed by atoms with Crippen molar-refractivity contribution in [2.75, 3.05) is 45.9 Å². The lowest BCUT2D eigenvalue weighted by molar-refractivity contribution is 0.0749. The van der Waals surface area contributed by atoms with Gasteiger partial charge in [-0.3, -0.25) is 4.90 Å². The minimum absolute atomic E-state index is 0.179. The molecule has 4 heteroatoms. The molecule has 0 bridgehead atoms. The van der Waals surface area contributed by atoms with Gasteiger partial charge in [0, 0.05) is 38.8 Å². The van der Waals surface area contributed by atoms with Crippen molar-refractivity contribution in [1.82, 2.24) is 15.1 Å². The third kappa shape index (κ3) is 5.22. The SMILES string of the molecule is CCCN1CCN(CC(C)(CO)NC(C)C)CC1. The second kappa shape index (κ2) is 7.43. The van der Waals surface area contributed by atoms with Crippen LogP contribution in [0.3, 0.4) is 0 Å². The van der Waals surface area contributed by atoms with Gasteiger partial charge in [0.05, 0.1) is 12.1 Å². The van der Waals surface area contributed by atoms with E-state index in [0.717, 1.165) is 32.7 Å². The van der Waals surface area contributed by atoms with Crippen molar-refractivity contribution in [3.63, 3.8) is 0 Å². The molecule has 0 aromatic heterocycles. The fraction of sp³-hybridized carbons (Fsp3) is 1.00.